The van der Waals surface area contributed by atoms with Gasteiger partial charge < -0.3 is 14.8 Å². The summed E-state index contributed by atoms with van der Waals surface area (Å²) < 4.78 is 51.9. The molecule has 1 aliphatic heterocycles. The number of carbonyl (C=O) groups is 2. The highest BCUT2D eigenvalue weighted by molar-refractivity contribution is 5.99. The predicted octanol–water partition coefficient (Wildman–Crippen LogP) is 4.75. The van der Waals surface area contributed by atoms with Gasteiger partial charge in [-0.3, -0.25) is 4.79 Å². The second-order valence-electron chi connectivity index (χ2n) is 8.14. The van der Waals surface area contributed by atoms with Gasteiger partial charge >= 0.3 is 12.1 Å². The number of anilines is 1. The van der Waals surface area contributed by atoms with E-state index in [1.165, 1.54) is 16.8 Å². The molecule has 184 valence electrons. The third-order valence-corrected chi connectivity index (χ3v) is 5.97. The van der Waals surface area contributed by atoms with E-state index in [0.29, 0.717) is 16.9 Å². The zero-order chi connectivity index (χ0) is 25.1. The molecule has 0 spiro atoms. The van der Waals surface area contributed by atoms with Crippen LogP contribution in [0.25, 0.3) is 5.69 Å². The topological polar surface area (TPSA) is 82.5 Å². The number of aromatic nitrogens is 2. The number of amides is 1. The zero-order valence-corrected chi connectivity index (χ0v) is 19.0. The fourth-order valence-corrected chi connectivity index (χ4v) is 4.12. The first kappa shape index (κ1) is 24.5. The molecule has 3 aromatic rings. The Hall–Kier alpha value is -3.66. The van der Waals surface area contributed by atoms with Crippen LogP contribution < -0.4 is 5.32 Å². The number of hydrogen-bond donors (Lipinski definition) is 1. The molecule has 4 rings (SSSR count). The quantitative estimate of drug-likeness (QED) is 0.508. The number of rotatable bonds is 6. The number of nitrogens with zero attached hydrogens (tertiary/aromatic N) is 2. The molecule has 0 aliphatic carbocycles. The van der Waals surface area contributed by atoms with E-state index in [1.54, 1.807) is 43.5 Å². The maximum Gasteiger partial charge on any atom is 0.416 e. The van der Waals surface area contributed by atoms with Crippen LogP contribution in [-0.2, 0) is 25.9 Å². The number of carbonyl (C=O) groups excluding carboxylic acids is 2. The molecule has 10 heteroatoms. The van der Waals surface area contributed by atoms with E-state index in [1.807, 2.05) is 0 Å². The molecule has 1 aliphatic rings. The first-order chi connectivity index (χ1) is 16.7. The number of alkyl halides is 3. The Morgan fingerprint density at radius 1 is 1.11 bits per heavy atom. The van der Waals surface area contributed by atoms with Crippen LogP contribution in [0.4, 0.5) is 18.9 Å². The molecule has 35 heavy (non-hydrogen) atoms. The van der Waals surface area contributed by atoms with E-state index < -0.39 is 29.0 Å². The first-order valence-corrected chi connectivity index (χ1v) is 11.1. The average molecular weight is 487 g/mol. The van der Waals surface area contributed by atoms with Gasteiger partial charge in [0.25, 0.3) is 0 Å². The molecule has 7 nitrogen and oxygen atoms in total. The van der Waals surface area contributed by atoms with Crippen molar-refractivity contribution in [2.75, 3.05) is 25.1 Å². The molecule has 2 aromatic carbocycles. The SMILES string of the molecule is CCOC(=O)c1ccn(-c2cccc(NC(=O)C3(c4cccc(C(F)(F)F)c4)CCOCC3)c2)n1. The Labute approximate surface area is 199 Å². The minimum Gasteiger partial charge on any atom is -0.461 e. The first-order valence-electron chi connectivity index (χ1n) is 11.1. The van der Waals surface area contributed by atoms with Gasteiger partial charge in [-0.25, -0.2) is 9.48 Å². The largest absolute Gasteiger partial charge is 0.461 e. The number of benzene rings is 2. The summed E-state index contributed by atoms with van der Waals surface area (Å²) >= 11 is 0. The van der Waals surface area contributed by atoms with Crippen LogP contribution in [0.1, 0.15) is 41.4 Å². The van der Waals surface area contributed by atoms with E-state index in [4.69, 9.17) is 9.47 Å². The van der Waals surface area contributed by atoms with Gasteiger partial charge in [-0.1, -0.05) is 24.3 Å². The van der Waals surface area contributed by atoms with E-state index in [2.05, 4.69) is 10.4 Å². The van der Waals surface area contributed by atoms with Crippen molar-refractivity contribution >= 4 is 17.6 Å². The Balaban J connectivity index is 1.61. The minimum absolute atomic E-state index is 0.145. The van der Waals surface area contributed by atoms with Crippen molar-refractivity contribution in [1.29, 1.82) is 0 Å². The number of halogens is 3. The van der Waals surface area contributed by atoms with Crippen molar-refractivity contribution < 1.29 is 32.2 Å². The van der Waals surface area contributed by atoms with Crippen molar-refractivity contribution in [1.82, 2.24) is 9.78 Å². The lowest BCUT2D eigenvalue weighted by Gasteiger charge is -2.36. The summed E-state index contributed by atoms with van der Waals surface area (Å²) in [7, 11) is 0. The van der Waals surface area contributed by atoms with Crippen LogP contribution in [0.2, 0.25) is 0 Å². The second-order valence-corrected chi connectivity index (χ2v) is 8.14. The van der Waals surface area contributed by atoms with Gasteiger partial charge in [0.1, 0.15) is 0 Å². The lowest BCUT2D eigenvalue weighted by molar-refractivity contribution is -0.138. The van der Waals surface area contributed by atoms with Gasteiger partial charge in [-0.2, -0.15) is 18.3 Å². The van der Waals surface area contributed by atoms with E-state index in [0.717, 1.165) is 12.1 Å². The normalized spacial score (nSPS) is 15.4. The molecule has 1 saturated heterocycles. The number of esters is 1. The van der Waals surface area contributed by atoms with E-state index in [9.17, 15) is 22.8 Å². The number of ether oxygens (including phenoxy) is 2. The molecule has 1 aromatic heterocycles. The molecule has 0 unspecified atom stereocenters. The summed E-state index contributed by atoms with van der Waals surface area (Å²) in [5.74, 6) is -0.955. The molecular weight excluding hydrogens is 463 g/mol. The van der Waals surface area contributed by atoms with Crippen molar-refractivity contribution in [3.63, 3.8) is 0 Å². The Bertz CT molecular complexity index is 1220. The van der Waals surface area contributed by atoms with E-state index in [-0.39, 0.29) is 38.4 Å². The van der Waals surface area contributed by atoms with Crippen LogP contribution in [-0.4, -0.2) is 41.5 Å². The highest BCUT2D eigenvalue weighted by Crippen LogP contribution is 2.39. The van der Waals surface area contributed by atoms with Gasteiger partial charge in [0.2, 0.25) is 5.91 Å². The minimum atomic E-state index is -4.51. The van der Waals surface area contributed by atoms with Crippen molar-refractivity contribution in [2.45, 2.75) is 31.4 Å². The van der Waals surface area contributed by atoms with Crippen LogP contribution in [0.5, 0.6) is 0 Å². The highest BCUT2D eigenvalue weighted by Gasteiger charge is 2.43. The molecule has 0 bridgehead atoms. The third kappa shape index (κ3) is 5.22. The van der Waals surface area contributed by atoms with Crippen LogP contribution >= 0.6 is 0 Å². The monoisotopic (exact) mass is 487 g/mol. The number of nitrogens with one attached hydrogen (secondary N) is 1. The van der Waals surface area contributed by atoms with E-state index >= 15 is 0 Å². The summed E-state index contributed by atoms with van der Waals surface area (Å²) in [5, 5.41) is 7.07. The molecule has 2 heterocycles. The summed E-state index contributed by atoms with van der Waals surface area (Å²) in [6, 6.07) is 13.2. The molecule has 1 fully saturated rings. The predicted molar refractivity (Wildman–Crippen MR) is 121 cm³/mol. The average Bonchev–Trinajstić information content (AvgIpc) is 3.35. The fraction of sp³-hybridized carbons (Fsp3) is 0.320. The van der Waals surface area contributed by atoms with Gasteiger partial charge in [0.05, 0.1) is 23.3 Å². The highest BCUT2D eigenvalue weighted by atomic mass is 19.4. The maximum absolute atomic E-state index is 13.5. The Kier molecular flexibility index (Phi) is 6.93. The molecule has 1 amide bonds. The fourth-order valence-electron chi connectivity index (χ4n) is 4.12. The molecule has 0 atom stereocenters. The second kappa shape index (κ2) is 9.91. The van der Waals surface area contributed by atoms with Gasteiger partial charge in [0.15, 0.2) is 5.69 Å². The Morgan fingerprint density at radius 3 is 2.57 bits per heavy atom. The Morgan fingerprint density at radius 2 is 1.86 bits per heavy atom. The molecule has 0 saturated carbocycles. The molecule has 1 N–H and O–H groups in total. The number of hydrogen-bond acceptors (Lipinski definition) is 5. The van der Waals surface area contributed by atoms with Gasteiger partial charge in [-0.05, 0) is 55.7 Å². The van der Waals surface area contributed by atoms with Crippen LogP contribution in [0.3, 0.4) is 0 Å². The third-order valence-electron chi connectivity index (χ3n) is 5.97. The van der Waals surface area contributed by atoms with Crippen LogP contribution in [0.15, 0.2) is 60.8 Å². The molecular formula is C25H24F3N3O4. The van der Waals surface area contributed by atoms with Crippen molar-refractivity contribution in [2.24, 2.45) is 0 Å². The lowest BCUT2D eigenvalue weighted by atomic mass is 9.73. The van der Waals surface area contributed by atoms with Gasteiger partial charge in [0, 0.05) is 25.1 Å². The summed E-state index contributed by atoms with van der Waals surface area (Å²) in [6.45, 7) is 2.44. The summed E-state index contributed by atoms with van der Waals surface area (Å²) in [4.78, 5) is 25.4. The lowest BCUT2D eigenvalue weighted by Crippen LogP contribution is -2.45. The molecule has 0 radical (unpaired) electrons. The van der Waals surface area contributed by atoms with Gasteiger partial charge in [-0.15, -0.1) is 0 Å². The summed E-state index contributed by atoms with van der Waals surface area (Å²) in [5.41, 5.74) is -0.496. The summed E-state index contributed by atoms with van der Waals surface area (Å²) in [6.07, 6.45) is -2.42. The maximum atomic E-state index is 13.5. The smallest absolute Gasteiger partial charge is 0.416 e. The van der Waals surface area contributed by atoms with Crippen molar-refractivity contribution in [3.05, 3.63) is 77.6 Å². The van der Waals surface area contributed by atoms with Crippen molar-refractivity contribution in [3.8, 4) is 5.69 Å². The standard InChI is InChI=1S/C25H24F3N3O4/c1-2-35-22(32)21-9-12-31(30-21)20-8-4-7-19(16-20)29-23(33)24(10-13-34-14-11-24)17-5-3-6-18(15-17)25(26,27)28/h3-9,12,15-16H,2,10-11,13-14H2,1H3,(H,29,33). The zero-order valence-electron chi connectivity index (χ0n) is 19.0. The van der Waals surface area contributed by atoms with Crippen LogP contribution in [0, 0.1) is 0 Å².